The highest BCUT2D eigenvalue weighted by Gasteiger charge is 2.74. The number of hydrogen-bond donors (Lipinski definition) is 3. The first-order valence-electron chi connectivity index (χ1n) is 13.1. The molecule has 8 rings (SSSR count). The first-order chi connectivity index (χ1) is 17.3. The molecule has 3 heterocycles. The van der Waals surface area contributed by atoms with E-state index in [1.165, 1.54) is 17.7 Å². The minimum atomic E-state index is -1.06. The topological polar surface area (TPSA) is 116 Å². The van der Waals surface area contributed by atoms with E-state index in [9.17, 15) is 19.8 Å². The molecule has 1 spiro atoms. The number of nitrogen functional groups attached to an aromatic ring is 1. The van der Waals surface area contributed by atoms with Gasteiger partial charge in [-0.1, -0.05) is 12.1 Å². The molecular weight excluding hydrogens is 458 g/mol. The van der Waals surface area contributed by atoms with E-state index < -0.39 is 29.1 Å². The van der Waals surface area contributed by atoms with Gasteiger partial charge in [0.25, 0.3) is 11.8 Å². The normalized spacial score (nSPS) is 36.0. The van der Waals surface area contributed by atoms with Gasteiger partial charge in [-0.2, -0.15) is 0 Å². The number of benzene rings is 2. The molecule has 3 fully saturated rings. The Balaban J connectivity index is 1.28. The third-order valence-corrected chi connectivity index (χ3v) is 10.0. The van der Waals surface area contributed by atoms with Gasteiger partial charge in [-0.15, -0.1) is 0 Å². The summed E-state index contributed by atoms with van der Waals surface area (Å²) in [4.78, 5) is 30.9. The zero-order valence-corrected chi connectivity index (χ0v) is 19.9. The number of likely N-dealkylation sites (tertiary alicyclic amines) is 1. The third-order valence-electron chi connectivity index (χ3n) is 10.0. The highest BCUT2D eigenvalue weighted by molar-refractivity contribution is 6.23. The largest absolute Gasteiger partial charge is 0.504 e. The molecule has 3 aliphatic heterocycles. The monoisotopic (exact) mass is 487 g/mol. The minimum absolute atomic E-state index is 0.0455. The summed E-state index contributed by atoms with van der Waals surface area (Å²) in [5.41, 5.74) is 7.10. The zero-order chi connectivity index (χ0) is 24.6. The molecule has 8 nitrogen and oxygen atoms in total. The molecule has 6 aliphatic rings. The van der Waals surface area contributed by atoms with E-state index in [-0.39, 0.29) is 23.3 Å². The maximum absolute atomic E-state index is 13.6. The Labute approximate surface area is 208 Å². The van der Waals surface area contributed by atoms with Crippen LogP contribution in [0.4, 0.5) is 5.69 Å². The summed E-state index contributed by atoms with van der Waals surface area (Å²) in [6, 6.07) is 7.98. The van der Waals surface area contributed by atoms with Crippen LogP contribution in [-0.4, -0.2) is 68.7 Å². The molecule has 2 saturated carbocycles. The standard InChI is InChI=1S/C28H29N3O5/c29-17-3-1-2-16-21(17)26(34)31(25(16)33)18-8-9-28(35)20-12-15-6-7-19(32)23-22(15)27(28,24(18)36-23)10-11-30(20)13-14-4-5-14/h1-3,6-7,14,18,20,24,32,35H,4-5,8-13,29H2/t18-,20-,24+,27+,28-/m1/s1. The summed E-state index contributed by atoms with van der Waals surface area (Å²) in [6.45, 7) is 1.82. The first kappa shape index (κ1) is 21.0. The van der Waals surface area contributed by atoms with Gasteiger partial charge in [0.1, 0.15) is 6.10 Å². The van der Waals surface area contributed by atoms with Crippen LogP contribution in [-0.2, 0) is 11.8 Å². The van der Waals surface area contributed by atoms with Crippen LogP contribution in [0.2, 0.25) is 0 Å². The lowest BCUT2D eigenvalue weighted by Crippen LogP contribution is -2.78. The molecule has 8 heteroatoms. The van der Waals surface area contributed by atoms with Crippen molar-refractivity contribution in [1.82, 2.24) is 9.80 Å². The number of carbonyl (C=O) groups excluding carboxylic acids is 2. The Morgan fingerprint density at radius 2 is 1.92 bits per heavy atom. The van der Waals surface area contributed by atoms with E-state index >= 15 is 0 Å². The predicted octanol–water partition coefficient (Wildman–Crippen LogP) is 2.20. The Bertz CT molecular complexity index is 1370. The molecule has 2 bridgehead atoms. The lowest BCUT2D eigenvalue weighted by Gasteiger charge is -2.64. The molecule has 1 saturated heterocycles. The number of aliphatic hydroxyl groups is 1. The van der Waals surface area contributed by atoms with Crippen LogP contribution in [0.15, 0.2) is 30.3 Å². The van der Waals surface area contributed by atoms with E-state index in [2.05, 4.69) is 4.90 Å². The van der Waals surface area contributed by atoms with Crippen LogP contribution in [0.5, 0.6) is 11.5 Å². The fraction of sp³-hybridized carbons (Fsp3) is 0.500. The van der Waals surface area contributed by atoms with Crippen LogP contribution < -0.4 is 10.5 Å². The van der Waals surface area contributed by atoms with Crippen molar-refractivity contribution < 1.29 is 24.5 Å². The number of imide groups is 1. The van der Waals surface area contributed by atoms with Crippen molar-refractivity contribution in [1.29, 1.82) is 0 Å². The van der Waals surface area contributed by atoms with Crippen molar-refractivity contribution >= 4 is 17.5 Å². The maximum atomic E-state index is 13.6. The molecule has 36 heavy (non-hydrogen) atoms. The number of ether oxygens (including phenoxy) is 1. The zero-order valence-electron chi connectivity index (χ0n) is 19.9. The van der Waals surface area contributed by atoms with Gasteiger partial charge >= 0.3 is 0 Å². The molecule has 2 aromatic rings. The third kappa shape index (κ3) is 2.29. The Hall–Kier alpha value is -3.10. The summed E-state index contributed by atoms with van der Waals surface area (Å²) in [5.74, 6) is 0.395. The second kappa shape index (κ2) is 6.61. The van der Waals surface area contributed by atoms with E-state index in [0.717, 1.165) is 24.2 Å². The molecule has 0 aromatic heterocycles. The highest BCUT2D eigenvalue weighted by Crippen LogP contribution is 2.66. The summed E-state index contributed by atoms with van der Waals surface area (Å²) in [6.07, 6.45) is 4.12. The van der Waals surface area contributed by atoms with E-state index in [1.54, 1.807) is 24.3 Å². The number of rotatable bonds is 3. The van der Waals surface area contributed by atoms with Gasteiger partial charge in [0, 0.05) is 23.8 Å². The quantitative estimate of drug-likeness (QED) is 0.449. The van der Waals surface area contributed by atoms with Gasteiger partial charge in [0.15, 0.2) is 11.5 Å². The number of piperidine rings is 1. The predicted molar refractivity (Wildman–Crippen MR) is 130 cm³/mol. The number of phenols is 1. The summed E-state index contributed by atoms with van der Waals surface area (Å²) in [5, 5.41) is 23.4. The Morgan fingerprint density at radius 3 is 2.69 bits per heavy atom. The SMILES string of the molecule is Nc1cccc2c1C(=O)N([C@@H]1CC[C@@]3(O)[C@H]4Cc5ccc(O)c6c5[C@@]3(CCN4CC3CC3)[C@H]1O6)C2=O. The number of carbonyl (C=O) groups is 2. The molecule has 186 valence electrons. The second-order valence-corrected chi connectivity index (χ2v) is 11.6. The number of nitrogens with two attached hydrogens (primary N) is 1. The minimum Gasteiger partial charge on any atom is -0.504 e. The average molecular weight is 488 g/mol. The van der Waals surface area contributed by atoms with Crippen molar-refractivity contribution in [2.45, 2.75) is 67.7 Å². The number of fused-ring (bicyclic) bond motifs is 1. The van der Waals surface area contributed by atoms with E-state index in [4.69, 9.17) is 10.5 Å². The van der Waals surface area contributed by atoms with Gasteiger partial charge in [0.05, 0.1) is 28.2 Å². The van der Waals surface area contributed by atoms with Crippen molar-refractivity contribution in [3.63, 3.8) is 0 Å². The molecule has 2 amide bonds. The molecule has 0 radical (unpaired) electrons. The fourth-order valence-corrected chi connectivity index (χ4v) is 8.35. The van der Waals surface area contributed by atoms with Crippen molar-refractivity contribution in [3.8, 4) is 11.5 Å². The van der Waals surface area contributed by atoms with Gasteiger partial charge < -0.3 is 20.7 Å². The maximum Gasteiger partial charge on any atom is 0.264 e. The molecule has 2 aromatic carbocycles. The summed E-state index contributed by atoms with van der Waals surface area (Å²) >= 11 is 0. The van der Waals surface area contributed by atoms with E-state index in [0.29, 0.717) is 48.6 Å². The summed E-state index contributed by atoms with van der Waals surface area (Å²) < 4.78 is 6.55. The van der Waals surface area contributed by atoms with Crippen molar-refractivity contribution in [2.24, 2.45) is 5.92 Å². The number of phenolic OH excluding ortho intramolecular Hbond substituents is 1. The number of amides is 2. The molecule has 3 aliphatic carbocycles. The lowest BCUT2D eigenvalue weighted by atomic mass is 9.48. The fourth-order valence-electron chi connectivity index (χ4n) is 8.35. The van der Waals surface area contributed by atoms with Gasteiger partial charge in [0.2, 0.25) is 0 Å². The lowest BCUT2D eigenvalue weighted by molar-refractivity contribution is -0.196. The number of aromatic hydroxyl groups is 1. The van der Waals surface area contributed by atoms with Crippen molar-refractivity contribution in [2.75, 3.05) is 18.8 Å². The molecule has 0 unspecified atom stereocenters. The smallest absolute Gasteiger partial charge is 0.264 e. The van der Waals surface area contributed by atoms with Crippen LogP contribution in [0.3, 0.4) is 0 Å². The Morgan fingerprint density at radius 1 is 1.08 bits per heavy atom. The number of nitrogens with zero attached hydrogens (tertiary/aromatic N) is 2. The van der Waals surface area contributed by atoms with Crippen LogP contribution in [0.25, 0.3) is 0 Å². The molecule has 4 N–H and O–H groups in total. The Kier molecular flexibility index (Phi) is 3.86. The van der Waals surface area contributed by atoms with Gasteiger partial charge in [-0.25, -0.2) is 0 Å². The second-order valence-electron chi connectivity index (χ2n) is 11.6. The molecular formula is C28H29N3O5. The summed E-state index contributed by atoms with van der Waals surface area (Å²) in [7, 11) is 0. The highest BCUT2D eigenvalue weighted by atomic mass is 16.5. The first-order valence-corrected chi connectivity index (χ1v) is 13.1. The van der Waals surface area contributed by atoms with E-state index in [1.807, 2.05) is 6.07 Å². The number of hydrogen-bond acceptors (Lipinski definition) is 7. The average Bonchev–Trinajstić information content (AvgIpc) is 3.54. The number of anilines is 1. The van der Waals surface area contributed by atoms with Gasteiger partial charge in [-0.05, 0) is 74.8 Å². The van der Waals surface area contributed by atoms with Crippen LogP contribution in [0.1, 0.15) is 63.9 Å². The van der Waals surface area contributed by atoms with Crippen LogP contribution >= 0.6 is 0 Å². The van der Waals surface area contributed by atoms with Crippen molar-refractivity contribution in [3.05, 3.63) is 52.6 Å². The molecule has 5 atom stereocenters. The van der Waals surface area contributed by atoms with Crippen LogP contribution in [0, 0.1) is 5.92 Å². The van der Waals surface area contributed by atoms with Gasteiger partial charge in [-0.3, -0.25) is 19.4 Å².